The number of hydrogen-bond donors (Lipinski definition) is 1. The average Bonchev–Trinajstić information content (AvgIpc) is 3.01. The Labute approximate surface area is 101 Å². The molecule has 2 fully saturated rings. The molecule has 3 heterocycles. The van der Waals surface area contributed by atoms with E-state index in [-0.39, 0.29) is 5.41 Å². The molecule has 0 aliphatic carbocycles. The molecule has 2 aliphatic rings. The summed E-state index contributed by atoms with van der Waals surface area (Å²) in [5.41, 5.74) is 0.00946. The van der Waals surface area contributed by atoms with Crippen LogP contribution in [0.25, 0.3) is 0 Å². The predicted octanol–water partition coefficient (Wildman–Crippen LogP) is 1.21. The van der Waals surface area contributed by atoms with Crippen molar-refractivity contribution in [1.82, 2.24) is 15.5 Å². The van der Waals surface area contributed by atoms with E-state index >= 15 is 0 Å². The molecular formula is C12H19N3O2. The summed E-state index contributed by atoms with van der Waals surface area (Å²) in [5, 5.41) is 7.48. The molecule has 2 aliphatic heterocycles. The number of rotatable bonds is 2. The van der Waals surface area contributed by atoms with Gasteiger partial charge in [0.15, 0.2) is 5.82 Å². The van der Waals surface area contributed by atoms with Gasteiger partial charge in [-0.2, -0.15) is 4.98 Å². The zero-order valence-corrected chi connectivity index (χ0v) is 10.2. The first-order valence-electron chi connectivity index (χ1n) is 6.40. The molecule has 0 spiro atoms. The third kappa shape index (κ3) is 2.09. The molecule has 5 nitrogen and oxygen atoms in total. The zero-order valence-electron chi connectivity index (χ0n) is 10.2. The average molecular weight is 237 g/mol. The highest BCUT2D eigenvalue weighted by Gasteiger charge is 2.36. The maximum Gasteiger partial charge on any atom is 0.232 e. The first-order chi connectivity index (χ1) is 8.28. The molecule has 94 valence electrons. The van der Waals surface area contributed by atoms with Gasteiger partial charge in [0.05, 0.1) is 5.41 Å². The van der Waals surface area contributed by atoms with E-state index < -0.39 is 0 Å². The predicted molar refractivity (Wildman–Crippen MR) is 61.9 cm³/mol. The molecule has 0 aromatic carbocycles. The minimum atomic E-state index is 0.00946. The molecule has 1 aromatic rings. The molecule has 2 saturated heterocycles. The van der Waals surface area contributed by atoms with Gasteiger partial charge < -0.3 is 14.6 Å². The van der Waals surface area contributed by atoms with E-state index in [1.807, 2.05) is 0 Å². The third-order valence-corrected chi connectivity index (χ3v) is 3.98. The Morgan fingerprint density at radius 2 is 2.18 bits per heavy atom. The lowest BCUT2D eigenvalue weighted by Crippen LogP contribution is -2.31. The molecule has 1 N–H and O–H groups in total. The van der Waals surface area contributed by atoms with E-state index in [1.165, 1.54) is 0 Å². The first-order valence-corrected chi connectivity index (χ1v) is 6.40. The second kappa shape index (κ2) is 4.38. The van der Waals surface area contributed by atoms with Gasteiger partial charge >= 0.3 is 0 Å². The van der Waals surface area contributed by atoms with Crippen LogP contribution in [0, 0.1) is 0 Å². The SMILES string of the molecule is CC1(c2nc(C3CCNC3)no2)CCOCC1. The number of nitrogens with one attached hydrogen (secondary N) is 1. The zero-order chi connectivity index (χ0) is 11.7. The molecule has 1 unspecified atom stereocenters. The van der Waals surface area contributed by atoms with Crippen LogP contribution in [0.2, 0.25) is 0 Å². The number of ether oxygens (including phenoxy) is 1. The quantitative estimate of drug-likeness (QED) is 0.838. The molecule has 1 atom stereocenters. The number of hydrogen-bond acceptors (Lipinski definition) is 5. The highest BCUT2D eigenvalue weighted by molar-refractivity contribution is 5.07. The molecule has 1 aromatic heterocycles. The van der Waals surface area contributed by atoms with Crippen LogP contribution in [0.5, 0.6) is 0 Å². The molecule has 5 heteroatoms. The van der Waals surface area contributed by atoms with Crippen molar-refractivity contribution in [3.63, 3.8) is 0 Å². The third-order valence-electron chi connectivity index (χ3n) is 3.98. The molecule has 0 bridgehead atoms. The van der Waals surface area contributed by atoms with Gasteiger partial charge in [-0.25, -0.2) is 0 Å². The van der Waals surface area contributed by atoms with Crippen molar-refractivity contribution in [1.29, 1.82) is 0 Å². The largest absolute Gasteiger partial charge is 0.381 e. The summed E-state index contributed by atoms with van der Waals surface area (Å²) in [6.07, 6.45) is 3.05. The molecular weight excluding hydrogens is 218 g/mol. The summed E-state index contributed by atoms with van der Waals surface area (Å²) in [5.74, 6) is 2.09. The summed E-state index contributed by atoms with van der Waals surface area (Å²) in [4.78, 5) is 4.61. The Kier molecular flexibility index (Phi) is 2.88. The van der Waals surface area contributed by atoms with Crippen LogP contribution in [-0.2, 0) is 10.2 Å². The minimum Gasteiger partial charge on any atom is -0.381 e. The number of aromatic nitrogens is 2. The fraction of sp³-hybridized carbons (Fsp3) is 0.833. The summed E-state index contributed by atoms with van der Waals surface area (Å²) >= 11 is 0. The summed E-state index contributed by atoms with van der Waals surface area (Å²) in [6.45, 7) is 5.80. The van der Waals surface area contributed by atoms with E-state index in [0.717, 1.165) is 57.3 Å². The van der Waals surface area contributed by atoms with Crippen LogP contribution in [0.3, 0.4) is 0 Å². The lowest BCUT2D eigenvalue weighted by atomic mass is 9.82. The van der Waals surface area contributed by atoms with Gasteiger partial charge in [-0.3, -0.25) is 0 Å². The van der Waals surface area contributed by atoms with Gasteiger partial charge in [-0.15, -0.1) is 0 Å². The molecule has 17 heavy (non-hydrogen) atoms. The van der Waals surface area contributed by atoms with Crippen LogP contribution in [0.1, 0.15) is 43.8 Å². The first kappa shape index (κ1) is 11.2. The number of nitrogens with zero attached hydrogens (tertiary/aromatic N) is 2. The van der Waals surface area contributed by atoms with Crippen molar-refractivity contribution >= 4 is 0 Å². The monoisotopic (exact) mass is 237 g/mol. The maximum absolute atomic E-state index is 5.48. The Bertz CT molecular complexity index is 379. The van der Waals surface area contributed by atoms with Gasteiger partial charge in [0, 0.05) is 25.7 Å². The van der Waals surface area contributed by atoms with Gasteiger partial charge in [-0.1, -0.05) is 12.1 Å². The van der Waals surface area contributed by atoms with Crippen molar-refractivity contribution < 1.29 is 9.26 Å². The molecule has 0 radical (unpaired) electrons. The topological polar surface area (TPSA) is 60.2 Å². The minimum absolute atomic E-state index is 0.00946. The van der Waals surface area contributed by atoms with Crippen LogP contribution >= 0.6 is 0 Å². The molecule has 0 amide bonds. The summed E-state index contributed by atoms with van der Waals surface area (Å²) in [7, 11) is 0. The van der Waals surface area contributed by atoms with Gasteiger partial charge in [0.1, 0.15) is 0 Å². The second-order valence-electron chi connectivity index (χ2n) is 5.32. The lowest BCUT2D eigenvalue weighted by Gasteiger charge is -2.29. The summed E-state index contributed by atoms with van der Waals surface area (Å²) in [6, 6.07) is 0. The lowest BCUT2D eigenvalue weighted by molar-refractivity contribution is 0.0447. The van der Waals surface area contributed by atoms with Gasteiger partial charge in [0.25, 0.3) is 0 Å². The van der Waals surface area contributed by atoms with Crippen LogP contribution in [0.15, 0.2) is 4.52 Å². The van der Waals surface area contributed by atoms with Crippen molar-refractivity contribution in [2.75, 3.05) is 26.3 Å². The molecule has 0 saturated carbocycles. The van der Waals surface area contributed by atoms with E-state index in [0.29, 0.717) is 5.92 Å². The Hall–Kier alpha value is -0.940. The van der Waals surface area contributed by atoms with E-state index in [1.54, 1.807) is 0 Å². The fourth-order valence-corrected chi connectivity index (χ4v) is 2.56. The van der Waals surface area contributed by atoms with Crippen molar-refractivity contribution in [2.24, 2.45) is 0 Å². The van der Waals surface area contributed by atoms with Gasteiger partial charge in [-0.05, 0) is 25.8 Å². The van der Waals surface area contributed by atoms with Crippen molar-refractivity contribution in [2.45, 2.75) is 37.5 Å². The Balaban J connectivity index is 1.78. The van der Waals surface area contributed by atoms with Gasteiger partial charge in [0.2, 0.25) is 5.89 Å². The maximum atomic E-state index is 5.48. The standard InChI is InChI=1S/C12H19N3O2/c1-12(3-6-16-7-4-12)11-14-10(15-17-11)9-2-5-13-8-9/h9,13H,2-8H2,1H3. The van der Waals surface area contributed by atoms with Crippen LogP contribution in [-0.4, -0.2) is 36.4 Å². The Morgan fingerprint density at radius 3 is 2.88 bits per heavy atom. The van der Waals surface area contributed by atoms with E-state index in [2.05, 4.69) is 22.4 Å². The van der Waals surface area contributed by atoms with Crippen molar-refractivity contribution in [3.8, 4) is 0 Å². The molecule has 3 rings (SSSR count). The Morgan fingerprint density at radius 1 is 1.35 bits per heavy atom. The summed E-state index contributed by atoms with van der Waals surface area (Å²) < 4.78 is 10.9. The van der Waals surface area contributed by atoms with E-state index in [4.69, 9.17) is 9.26 Å². The highest BCUT2D eigenvalue weighted by atomic mass is 16.5. The fourth-order valence-electron chi connectivity index (χ4n) is 2.56. The smallest absolute Gasteiger partial charge is 0.232 e. The van der Waals surface area contributed by atoms with E-state index in [9.17, 15) is 0 Å². The normalized spacial score (nSPS) is 28.4. The second-order valence-corrected chi connectivity index (χ2v) is 5.32. The van der Waals surface area contributed by atoms with Crippen molar-refractivity contribution in [3.05, 3.63) is 11.7 Å². The highest BCUT2D eigenvalue weighted by Crippen LogP contribution is 2.34. The van der Waals surface area contributed by atoms with Crippen LogP contribution in [0.4, 0.5) is 0 Å². The van der Waals surface area contributed by atoms with Crippen LogP contribution < -0.4 is 5.32 Å².